The third-order valence-corrected chi connectivity index (χ3v) is 5.29. The summed E-state index contributed by atoms with van der Waals surface area (Å²) < 4.78 is 88.2. The molecular weight excluding hydrogens is 406 g/mol. The molecule has 4 rings (SSSR count). The van der Waals surface area contributed by atoms with Crippen LogP contribution in [-0.2, 0) is 6.11 Å². The highest BCUT2D eigenvalue weighted by Crippen LogP contribution is 2.39. The summed E-state index contributed by atoms with van der Waals surface area (Å²) in [5.74, 6) is -6.00. The summed E-state index contributed by atoms with van der Waals surface area (Å²) in [6, 6.07) is 10.4. The molecule has 156 valence electrons. The van der Waals surface area contributed by atoms with Gasteiger partial charge >= 0.3 is 6.11 Å². The minimum Gasteiger partial charge on any atom is -0.429 e. The van der Waals surface area contributed by atoms with Crippen molar-refractivity contribution >= 4 is 0 Å². The van der Waals surface area contributed by atoms with E-state index in [1.165, 1.54) is 6.42 Å². The predicted molar refractivity (Wildman–Crippen MR) is 99.3 cm³/mol. The molecule has 0 amide bonds. The summed E-state index contributed by atoms with van der Waals surface area (Å²) in [6.45, 7) is 0. The minimum absolute atomic E-state index is 0.0949. The normalized spacial score (nSPS) is 14.5. The standard InChI is InChI=1S/C23H16F6O/c24-18-9-8-17(12-19(18)25)30-23(28,29)22-20(26)10-16(11-21(22)27)15-6-4-14(5-7-15)13-2-1-3-13/h4-13H,1-3H2. The Morgan fingerprint density at radius 3 is 1.87 bits per heavy atom. The van der Waals surface area contributed by atoms with E-state index in [1.54, 1.807) is 12.1 Å². The first kappa shape index (κ1) is 20.3. The fourth-order valence-corrected chi connectivity index (χ4v) is 3.45. The van der Waals surface area contributed by atoms with Gasteiger partial charge in [-0.2, -0.15) is 8.78 Å². The van der Waals surface area contributed by atoms with Gasteiger partial charge in [0.2, 0.25) is 0 Å². The fourth-order valence-electron chi connectivity index (χ4n) is 3.45. The van der Waals surface area contributed by atoms with E-state index in [0.717, 1.165) is 36.6 Å². The van der Waals surface area contributed by atoms with E-state index in [9.17, 15) is 26.3 Å². The molecule has 3 aromatic carbocycles. The van der Waals surface area contributed by atoms with Crippen molar-refractivity contribution in [3.05, 3.63) is 89.0 Å². The Bertz CT molecular complexity index is 1050. The quantitative estimate of drug-likeness (QED) is 0.392. The van der Waals surface area contributed by atoms with Gasteiger partial charge in [0, 0.05) is 6.07 Å². The lowest BCUT2D eigenvalue weighted by molar-refractivity contribution is -0.189. The largest absolute Gasteiger partial charge is 0.432 e. The summed E-state index contributed by atoms with van der Waals surface area (Å²) in [6.07, 6.45) is -1.06. The van der Waals surface area contributed by atoms with Crippen LogP contribution in [0.5, 0.6) is 5.75 Å². The molecule has 0 heterocycles. The highest BCUT2D eigenvalue weighted by Gasteiger charge is 2.41. The lowest BCUT2D eigenvalue weighted by atomic mass is 9.80. The molecule has 0 saturated heterocycles. The maximum absolute atomic E-state index is 14.5. The Labute approximate surface area is 168 Å². The van der Waals surface area contributed by atoms with Crippen LogP contribution in [0.25, 0.3) is 11.1 Å². The van der Waals surface area contributed by atoms with Gasteiger partial charge in [-0.1, -0.05) is 30.7 Å². The molecule has 1 nitrogen and oxygen atoms in total. The Hall–Kier alpha value is -2.96. The molecule has 1 saturated carbocycles. The molecule has 30 heavy (non-hydrogen) atoms. The summed E-state index contributed by atoms with van der Waals surface area (Å²) in [5, 5.41) is 0. The van der Waals surface area contributed by atoms with Crippen LogP contribution in [0.2, 0.25) is 0 Å². The van der Waals surface area contributed by atoms with Gasteiger partial charge in [-0.25, -0.2) is 17.6 Å². The summed E-state index contributed by atoms with van der Waals surface area (Å²) in [7, 11) is 0. The zero-order valence-corrected chi connectivity index (χ0v) is 15.6. The van der Waals surface area contributed by atoms with Gasteiger partial charge in [0.05, 0.1) is 0 Å². The molecule has 0 radical (unpaired) electrons. The molecule has 1 aliphatic carbocycles. The van der Waals surface area contributed by atoms with E-state index < -0.39 is 40.7 Å². The molecule has 7 heteroatoms. The topological polar surface area (TPSA) is 9.23 Å². The maximum atomic E-state index is 14.5. The SMILES string of the molecule is Fc1ccc(OC(F)(F)c2c(F)cc(-c3ccc(C4CCC4)cc3)cc2F)cc1F. The molecule has 0 bridgehead atoms. The third-order valence-electron chi connectivity index (χ3n) is 5.29. The van der Waals surface area contributed by atoms with Gasteiger partial charge in [0.25, 0.3) is 0 Å². The Morgan fingerprint density at radius 1 is 0.700 bits per heavy atom. The first-order chi connectivity index (χ1) is 14.2. The van der Waals surface area contributed by atoms with Crippen molar-refractivity contribution in [3.8, 4) is 16.9 Å². The van der Waals surface area contributed by atoms with Crippen molar-refractivity contribution in [3.63, 3.8) is 0 Å². The second-order valence-corrected chi connectivity index (χ2v) is 7.26. The number of benzene rings is 3. The molecule has 0 aromatic heterocycles. The van der Waals surface area contributed by atoms with Crippen molar-refractivity contribution < 1.29 is 31.1 Å². The van der Waals surface area contributed by atoms with Crippen LogP contribution in [0.3, 0.4) is 0 Å². The molecule has 0 atom stereocenters. The van der Waals surface area contributed by atoms with Crippen LogP contribution in [0, 0.1) is 23.3 Å². The van der Waals surface area contributed by atoms with Gasteiger partial charge in [0.1, 0.15) is 22.9 Å². The number of ether oxygens (including phenoxy) is 1. The highest BCUT2D eigenvalue weighted by atomic mass is 19.3. The zero-order valence-electron chi connectivity index (χ0n) is 15.6. The Kier molecular flexibility index (Phi) is 5.22. The lowest BCUT2D eigenvalue weighted by Gasteiger charge is -2.25. The summed E-state index contributed by atoms with van der Waals surface area (Å²) in [4.78, 5) is 0. The van der Waals surface area contributed by atoms with E-state index >= 15 is 0 Å². The van der Waals surface area contributed by atoms with E-state index in [0.29, 0.717) is 23.6 Å². The van der Waals surface area contributed by atoms with E-state index in [4.69, 9.17) is 0 Å². The van der Waals surface area contributed by atoms with Crippen molar-refractivity contribution in [1.82, 2.24) is 0 Å². The number of halogens is 6. The van der Waals surface area contributed by atoms with Gasteiger partial charge in [-0.3, -0.25) is 0 Å². The van der Waals surface area contributed by atoms with Gasteiger partial charge in [0.15, 0.2) is 11.6 Å². The van der Waals surface area contributed by atoms with Crippen LogP contribution in [-0.4, -0.2) is 0 Å². The second-order valence-electron chi connectivity index (χ2n) is 7.26. The number of alkyl halides is 2. The summed E-state index contributed by atoms with van der Waals surface area (Å²) in [5.41, 5.74) is 0.0981. The maximum Gasteiger partial charge on any atom is 0.432 e. The smallest absolute Gasteiger partial charge is 0.429 e. The number of hydrogen-bond donors (Lipinski definition) is 0. The van der Waals surface area contributed by atoms with Crippen molar-refractivity contribution in [2.45, 2.75) is 31.3 Å². The van der Waals surface area contributed by atoms with E-state index in [2.05, 4.69) is 4.74 Å². The zero-order chi connectivity index (χ0) is 21.5. The lowest BCUT2D eigenvalue weighted by Crippen LogP contribution is -2.25. The molecule has 0 aliphatic heterocycles. The molecular formula is C23H16F6O. The number of rotatable bonds is 5. The monoisotopic (exact) mass is 422 g/mol. The van der Waals surface area contributed by atoms with Crippen molar-refractivity contribution in [2.24, 2.45) is 0 Å². The Morgan fingerprint density at radius 2 is 1.33 bits per heavy atom. The molecule has 3 aromatic rings. The second kappa shape index (κ2) is 7.70. The predicted octanol–water partition coefficient (Wildman–Crippen LogP) is 7.31. The first-order valence-electron chi connectivity index (χ1n) is 9.36. The van der Waals surface area contributed by atoms with Crippen LogP contribution < -0.4 is 4.74 Å². The summed E-state index contributed by atoms with van der Waals surface area (Å²) >= 11 is 0. The van der Waals surface area contributed by atoms with Gasteiger partial charge in [-0.15, -0.1) is 0 Å². The molecule has 1 aliphatic rings. The molecule has 0 unspecified atom stereocenters. The third kappa shape index (κ3) is 3.88. The van der Waals surface area contributed by atoms with Crippen LogP contribution in [0.4, 0.5) is 26.3 Å². The average Bonchev–Trinajstić information content (AvgIpc) is 2.63. The van der Waals surface area contributed by atoms with Crippen LogP contribution >= 0.6 is 0 Å². The van der Waals surface area contributed by atoms with E-state index in [1.807, 2.05) is 12.1 Å². The van der Waals surface area contributed by atoms with Gasteiger partial charge in [-0.05, 0) is 59.7 Å². The first-order valence-corrected chi connectivity index (χ1v) is 9.36. The molecule has 1 fully saturated rings. The van der Waals surface area contributed by atoms with Crippen molar-refractivity contribution in [2.75, 3.05) is 0 Å². The molecule has 0 spiro atoms. The average molecular weight is 422 g/mol. The van der Waals surface area contributed by atoms with Crippen LogP contribution in [0.1, 0.15) is 36.3 Å². The molecule has 0 N–H and O–H groups in total. The van der Waals surface area contributed by atoms with Crippen LogP contribution in [0.15, 0.2) is 54.6 Å². The fraction of sp³-hybridized carbons (Fsp3) is 0.217. The van der Waals surface area contributed by atoms with Gasteiger partial charge < -0.3 is 4.74 Å². The minimum atomic E-state index is -4.44. The highest BCUT2D eigenvalue weighted by molar-refractivity contribution is 5.64. The Balaban J connectivity index is 1.62. The number of hydrogen-bond acceptors (Lipinski definition) is 1. The van der Waals surface area contributed by atoms with E-state index in [-0.39, 0.29) is 5.56 Å². The van der Waals surface area contributed by atoms with Crippen molar-refractivity contribution in [1.29, 1.82) is 0 Å².